The number of halogens is 1. The molecule has 0 spiro atoms. The highest BCUT2D eigenvalue weighted by Gasteiger charge is 2.05. The highest BCUT2D eigenvalue weighted by atomic mass is 35.5. The topological polar surface area (TPSA) is 15.8 Å². The van der Waals surface area contributed by atoms with Gasteiger partial charge in [-0.05, 0) is 36.6 Å². The normalized spacial score (nSPS) is 11.5. The summed E-state index contributed by atoms with van der Waals surface area (Å²) in [7, 11) is 0. The minimum absolute atomic E-state index is 0.529. The molecule has 0 bridgehead atoms. The average molecular weight is 208 g/mol. The lowest BCUT2D eigenvalue weighted by Gasteiger charge is -1.98. The van der Waals surface area contributed by atoms with Gasteiger partial charge in [0.2, 0.25) is 0 Å². The summed E-state index contributed by atoms with van der Waals surface area (Å²) in [6.45, 7) is 6.38. The van der Waals surface area contributed by atoms with Gasteiger partial charge in [-0.3, -0.25) is 0 Å². The van der Waals surface area contributed by atoms with Gasteiger partial charge >= 0.3 is 0 Å². The Balaban J connectivity index is 2.66. The van der Waals surface area contributed by atoms with Crippen molar-refractivity contribution in [3.63, 3.8) is 0 Å². The number of aryl methyl sites for hydroxylation is 1. The van der Waals surface area contributed by atoms with Crippen molar-refractivity contribution >= 4 is 22.5 Å². The van der Waals surface area contributed by atoms with Gasteiger partial charge in [0.15, 0.2) is 0 Å². The van der Waals surface area contributed by atoms with E-state index in [2.05, 4.69) is 31.0 Å². The van der Waals surface area contributed by atoms with Gasteiger partial charge in [0.25, 0.3) is 0 Å². The molecule has 0 amide bonds. The molecule has 0 unspecified atom stereocenters. The molecular weight excluding hydrogens is 194 g/mol. The summed E-state index contributed by atoms with van der Waals surface area (Å²) in [4.78, 5) is 3.40. The fourth-order valence-corrected chi connectivity index (χ4v) is 1.77. The molecule has 0 saturated heterocycles. The first-order valence-corrected chi connectivity index (χ1v) is 5.24. The van der Waals surface area contributed by atoms with Crippen LogP contribution in [-0.4, -0.2) is 4.98 Å². The Morgan fingerprint density at radius 3 is 2.57 bits per heavy atom. The van der Waals surface area contributed by atoms with Crippen LogP contribution in [0.2, 0.25) is 5.02 Å². The van der Waals surface area contributed by atoms with E-state index in [-0.39, 0.29) is 0 Å². The van der Waals surface area contributed by atoms with E-state index in [0.717, 1.165) is 10.6 Å². The number of nitrogens with one attached hydrogen (secondary N) is 1. The minimum atomic E-state index is 0.529. The third kappa shape index (κ3) is 1.53. The Morgan fingerprint density at radius 1 is 1.21 bits per heavy atom. The second-order valence-corrected chi connectivity index (χ2v) is 4.48. The Labute approximate surface area is 89.1 Å². The Bertz CT molecular complexity index is 429. The number of aromatic amines is 1. The van der Waals surface area contributed by atoms with E-state index in [1.165, 1.54) is 16.6 Å². The molecule has 74 valence electrons. The lowest BCUT2D eigenvalue weighted by atomic mass is 10.1. The average Bonchev–Trinajstić information content (AvgIpc) is 2.48. The summed E-state index contributed by atoms with van der Waals surface area (Å²) in [5.74, 6) is 0.529. The Morgan fingerprint density at radius 2 is 1.93 bits per heavy atom. The number of hydrogen-bond acceptors (Lipinski definition) is 0. The SMILES string of the molecule is Cc1cc2[nH]c(C(C)C)cc2cc1Cl. The molecule has 1 nitrogen and oxygen atoms in total. The summed E-state index contributed by atoms with van der Waals surface area (Å²) in [5.41, 5.74) is 3.56. The molecule has 1 aromatic heterocycles. The van der Waals surface area contributed by atoms with Crippen molar-refractivity contribution in [3.05, 3.63) is 34.5 Å². The number of hydrogen-bond donors (Lipinski definition) is 1. The van der Waals surface area contributed by atoms with E-state index >= 15 is 0 Å². The molecule has 0 saturated carbocycles. The van der Waals surface area contributed by atoms with Gasteiger partial charge < -0.3 is 4.98 Å². The number of benzene rings is 1. The van der Waals surface area contributed by atoms with Crippen LogP contribution in [0.25, 0.3) is 10.9 Å². The zero-order valence-corrected chi connectivity index (χ0v) is 9.44. The summed E-state index contributed by atoms with van der Waals surface area (Å²) < 4.78 is 0. The predicted molar refractivity (Wildman–Crippen MR) is 62.1 cm³/mol. The lowest BCUT2D eigenvalue weighted by Crippen LogP contribution is -1.84. The van der Waals surface area contributed by atoms with Gasteiger partial charge in [-0.1, -0.05) is 25.4 Å². The van der Waals surface area contributed by atoms with E-state index in [0.29, 0.717) is 5.92 Å². The van der Waals surface area contributed by atoms with Crippen LogP contribution in [0.1, 0.15) is 31.0 Å². The van der Waals surface area contributed by atoms with Crippen LogP contribution in [-0.2, 0) is 0 Å². The lowest BCUT2D eigenvalue weighted by molar-refractivity contribution is 0.836. The summed E-state index contributed by atoms with van der Waals surface area (Å²) >= 11 is 6.06. The van der Waals surface area contributed by atoms with Crippen molar-refractivity contribution in [2.45, 2.75) is 26.7 Å². The van der Waals surface area contributed by atoms with Crippen molar-refractivity contribution in [2.75, 3.05) is 0 Å². The first-order chi connectivity index (χ1) is 6.58. The zero-order chi connectivity index (χ0) is 10.3. The highest BCUT2D eigenvalue weighted by Crippen LogP contribution is 2.26. The van der Waals surface area contributed by atoms with Gasteiger partial charge in [0.1, 0.15) is 0 Å². The van der Waals surface area contributed by atoms with Gasteiger partial charge in [-0.25, -0.2) is 0 Å². The first kappa shape index (κ1) is 9.60. The van der Waals surface area contributed by atoms with Crippen LogP contribution in [0.5, 0.6) is 0 Å². The van der Waals surface area contributed by atoms with E-state index in [4.69, 9.17) is 11.6 Å². The molecule has 0 aliphatic heterocycles. The van der Waals surface area contributed by atoms with Gasteiger partial charge in [0.05, 0.1) is 0 Å². The molecule has 2 heteroatoms. The van der Waals surface area contributed by atoms with Crippen LogP contribution < -0.4 is 0 Å². The van der Waals surface area contributed by atoms with E-state index in [1.807, 2.05) is 13.0 Å². The first-order valence-electron chi connectivity index (χ1n) is 4.86. The van der Waals surface area contributed by atoms with Crippen molar-refractivity contribution < 1.29 is 0 Å². The van der Waals surface area contributed by atoms with Crippen molar-refractivity contribution in [3.8, 4) is 0 Å². The third-order valence-corrected chi connectivity index (χ3v) is 2.95. The molecule has 0 radical (unpaired) electrons. The highest BCUT2D eigenvalue weighted by molar-refractivity contribution is 6.32. The molecule has 1 heterocycles. The zero-order valence-electron chi connectivity index (χ0n) is 8.69. The number of rotatable bonds is 1. The Kier molecular flexibility index (Phi) is 2.28. The molecule has 0 fully saturated rings. The monoisotopic (exact) mass is 207 g/mol. The molecule has 0 atom stereocenters. The Hall–Kier alpha value is -0.950. The molecule has 14 heavy (non-hydrogen) atoms. The maximum Gasteiger partial charge on any atom is 0.0459 e. The van der Waals surface area contributed by atoms with E-state index < -0.39 is 0 Å². The second kappa shape index (κ2) is 3.32. The standard InChI is InChI=1S/C12H14ClN/c1-7(2)11-6-9-5-10(13)8(3)4-12(9)14-11/h4-7,14H,1-3H3. The fraction of sp³-hybridized carbons (Fsp3) is 0.333. The van der Waals surface area contributed by atoms with E-state index in [9.17, 15) is 0 Å². The van der Waals surface area contributed by atoms with Crippen LogP contribution >= 0.6 is 11.6 Å². The molecule has 2 rings (SSSR count). The van der Waals surface area contributed by atoms with Crippen LogP contribution in [0.15, 0.2) is 18.2 Å². The van der Waals surface area contributed by atoms with Crippen LogP contribution in [0, 0.1) is 6.92 Å². The number of aromatic nitrogens is 1. The fourth-order valence-electron chi connectivity index (χ4n) is 1.59. The summed E-state index contributed by atoms with van der Waals surface area (Å²) in [6.07, 6.45) is 0. The second-order valence-electron chi connectivity index (χ2n) is 4.07. The van der Waals surface area contributed by atoms with Crippen molar-refractivity contribution in [1.82, 2.24) is 4.98 Å². The quantitative estimate of drug-likeness (QED) is 0.720. The van der Waals surface area contributed by atoms with Crippen molar-refractivity contribution in [1.29, 1.82) is 0 Å². The van der Waals surface area contributed by atoms with Gasteiger partial charge in [0, 0.05) is 21.6 Å². The van der Waals surface area contributed by atoms with Gasteiger partial charge in [-0.2, -0.15) is 0 Å². The molecular formula is C12H14ClN. The smallest absolute Gasteiger partial charge is 0.0459 e. The molecule has 0 aliphatic rings. The number of fused-ring (bicyclic) bond motifs is 1. The summed E-state index contributed by atoms with van der Waals surface area (Å²) in [5, 5.41) is 2.04. The van der Waals surface area contributed by atoms with Gasteiger partial charge in [-0.15, -0.1) is 0 Å². The molecule has 0 aliphatic carbocycles. The predicted octanol–water partition coefficient (Wildman–Crippen LogP) is 4.25. The van der Waals surface area contributed by atoms with E-state index in [1.54, 1.807) is 0 Å². The molecule has 1 N–H and O–H groups in total. The summed E-state index contributed by atoms with van der Waals surface area (Å²) in [6, 6.07) is 6.30. The largest absolute Gasteiger partial charge is 0.358 e. The third-order valence-electron chi connectivity index (χ3n) is 2.54. The molecule has 1 aromatic carbocycles. The van der Waals surface area contributed by atoms with Crippen LogP contribution in [0.4, 0.5) is 0 Å². The minimum Gasteiger partial charge on any atom is -0.358 e. The maximum absolute atomic E-state index is 6.06. The number of H-pyrrole nitrogens is 1. The van der Waals surface area contributed by atoms with Crippen molar-refractivity contribution in [2.24, 2.45) is 0 Å². The van der Waals surface area contributed by atoms with Crippen LogP contribution in [0.3, 0.4) is 0 Å². The molecule has 2 aromatic rings. The maximum atomic E-state index is 6.06.